The van der Waals surface area contributed by atoms with Gasteiger partial charge in [-0.15, -0.1) is 0 Å². The topological polar surface area (TPSA) is 65.0 Å². The first-order valence-electron chi connectivity index (χ1n) is 4.77. The van der Waals surface area contributed by atoms with Crippen LogP contribution in [0.15, 0.2) is 12.3 Å². The van der Waals surface area contributed by atoms with E-state index in [1.165, 1.54) is 12.3 Å². The fourth-order valence-corrected chi connectivity index (χ4v) is 1.65. The number of hydrogen-bond donors (Lipinski definition) is 0. The Morgan fingerprint density at radius 1 is 1.41 bits per heavy atom. The van der Waals surface area contributed by atoms with Gasteiger partial charge in [0.2, 0.25) is 5.82 Å². The number of rotatable bonds is 2. The Labute approximate surface area is 107 Å². The summed E-state index contributed by atoms with van der Waals surface area (Å²) in [5.74, 6) is -0.709. The number of aromatic nitrogens is 3. The van der Waals surface area contributed by atoms with Crippen molar-refractivity contribution in [1.82, 2.24) is 15.0 Å². The van der Waals surface area contributed by atoms with Gasteiger partial charge in [-0.3, -0.25) is 0 Å². The number of fused-ring (bicyclic) bond motifs is 1. The molecule has 17 heavy (non-hydrogen) atoms. The van der Waals surface area contributed by atoms with E-state index in [-0.39, 0.29) is 22.7 Å². The second kappa shape index (κ2) is 4.81. The van der Waals surface area contributed by atoms with Crippen molar-refractivity contribution in [3.63, 3.8) is 0 Å². The maximum atomic E-state index is 11.5. The molecule has 0 aliphatic rings. The van der Waals surface area contributed by atoms with Crippen LogP contribution >= 0.6 is 23.2 Å². The van der Waals surface area contributed by atoms with E-state index < -0.39 is 5.97 Å². The van der Waals surface area contributed by atoms with Gasteiger partial charge in [-0.25, -0.2) is 19.7 Å². The summed E-state index contributed by atoms with van der Waals surface area (Å²) in [7, 11) is 0. The third-order valence-electron chi connectivity index (χ3n) is 1.96. The molecular weight excluding hydrogens is 265 g/mol. The molecule has 0 atom stereocenters. The van der Waals surface area contributed by atoms with E-state index in [1.54, 1.807) is 6.92 Å². The summed E-state index contributed by atoms with van der Waals surface area (Å²) >= 11 is 11.7. The number of nitrogens with zero attached hydrogens (tertiary/aromatic N) is 3. The van der Waals surface area contributed by atoms with Gasteiger partial charge in [0, 0.05) is 5.39 Å². The Morgan fingerprint density at radius 2 is 2.18 bits per heavy atom. The first-order chi connectivity index (χ1) is 8.11. The molecule has 0 N–H and O–H groups in total. The lowest BCUT2D eigenvalue weighted by molar-refractivity contribution is 0.0512. The van der Waals surface area contributed by atoms with Crippen LogP contribution in [0.3, 0.4) is 0 Å². The summed E-state index contributed by atoms with van der Waals surface area (Å²) in [6.07, 6.45) is 1.42. The predicted molar refractivity (Wildman–Crippen MR) is 63.3 cm³/mol. The quantitative estimate of drug-likeness (QED) is 0.477. The molecule has 0 spiro atoms. The van der Waals surface area contributed by atoms with E-state index in [0.29, 0.717) is 10.9 Å². The average molecular weight is 272 g/mol. The van der Waals surface area contributed by atoms with Crippen LogP contribution in [0.1, 0.15) is 17.5 Å². The minimum absolute atomic E-state index is 0.0894. The van der Waals surface area contributed by atoms with E-state index in [4.69, 9.17) is 27.9 Å². The van der Waals surface area contributed by atoms with E-state index in [9.17, 15) is 4.79 Å². The van der Waals surface area contributed by atoms with Crippen molar-refractivity contribution < 1.29 is 9.53 Å². The summed E-state index contributed by atoms with van der Waals surface area (Å²) in [6, 6.07) is 1.54. The van der Waals surface area contributed by atoms with Crippen LogP contribution in [0, 0.1) is 0 Å². The van der Waals surface area contributed by atoms with Crippen molar-refractivity contribution in [2.45, 2.75) is 6.92 Å². The van der Waals surface area contributed by atoms with Gasteiger partial charge < -0.3 is 4.74 Å². The largest absolute Gasteiger partial charge is 0.460 e. The van der Waals surface area contributed by atoms with Crippen molar-refractivity contribution in [2.75, 3.05) is 6.61 Å². The highest BCUT2D eigenvalue weighted by Crippen LogP contribution is 2.22. The van der Waals surface area contributed by atoms with Gasteiger partial charge >= 0.3 is 5.97 Å². The second-order valence-corrected chi connectivity index (χ2v) is 3.83. The molecule has 5 nitrogen and oxygen atoms in total. The fraction of sp³-hybridized carbons (Fsp3) is 0.200. The number of ether oxygens (including phenoxy) is 1. The normalized spacial score (nSPS) is 10.5. The van der Waals surface area contributed by atoms with Crippen LogP contribution in [-0.4, -0.2) is 27.5 Å². The van der Waals surface area contributed by atoms with Gasteiger partial charge in [0.05, 0.1) is 18.3 Å². The molecule has 0 aliphatic carbocycles. The van der Waals surface area contributed by atoms with Crippen LogP contribution in [0.5, 0.6) is 0 Å². The maximum Gasteiger partial charge on any atom is 0.376 e. The van der Waals surface area contributed by atoms with Gasteiger partial charge in [0.1, 0.15) is 10.3 Å². The average Bonchev–Trinajstić information content (AvgIpc) is 2.30. The zero-order chi connectivity index (χ0) is 12.4. The molecule has 2 aromatic heterocycles. The Hall–Kier alpha value is -1.46. The highest BCUT2D eigenvalue weighted by molar-refractivity contribution is 6.35. The number of esters is 1. The number of carbonyl (C=O) groups excluding carboxylic acids is 1. The number of hydrogen-bond acceptors (Lipinski definition) is 5. The van der Waals surface area contributed by atoms with E-state index in [1.807, 2.05) is 0 Å². The molecule has 2 rings (SSSR count). The molecule has 0 fully saturated rings. The van der Waals surface area contributed by atoms with Gasteiger partial charge in [-0.2, -0.15) is 0 Å². The molecule has 0 aliphatic heterocycles. The Balaban J connectivity index is 2.56. The van der Waals surface area contributed by atoms with E-state index >= 15 is 0 Å². The smallest absolute Gasteiger partial charge is 0.376 e. The summed E-state index contributed by atoms with van der Waals surface area (Å²) in [5, 5.41) is 0.967. The SMILES string of the molecule is CCOC(=O)c1nc(Cl)c2cc(Cl)ncc2n1. The first-order valence-corrected chi connectivity index (χ1v) is 5.53. The Morgan fingerprint density at radius 3 is 2.88 bits per heavy atom. The molecule has 0 unspecified atom stereocenters. The molecule has 0 bridgehead atoms. The lowest BCUT2D eigenvalue weighted by Crippen LogP contribution is -2.10. The lowest BCUT2D eigenvalue weighted by Gasteiger charge is -2.03. The molecule has 2 aromatic rings. The van der Waals surface area contributed by atoms with Crippen molar-refractivity contribution in [2.24, 2.45) is 0 Å². The summed E-state index contributed by atoms with van der Waals surface area (Å²) in [4.78, 5) is 23.2. The number of halogens is 2. The minimum Gasteiger partial charge on any atom is -0.460 e. The summed E-state index contributed by atoms with van der Waals surface area (Å²) in [5.41, 5.74) is 0.442. The van der Waals surface area contributed by atoms with Crippen LogP contribution in [0.4, 0.5) is 0 Å². The van der Waals surface area contributed by atoms with Crippen LogP contribution < -0.4 is 0 Å². The van der Waals surface area contributed by atoms with Crippen LogP contribution in [0.25, 0.3) is 10.9 Å². The lowest BCUT2D eigenvalue weighted by atomic mass is 10.3. The fourth-order valence-electron chi connectivity index (χ4n) is 1.26. The molecule has 0 saturated heterocycles. The van der Waals surface area contributed by atoms with E-state index in [0.717, 1.165) is 0 Å². The molecule has 7 heteroatoms. The predicted octanol–water partition coefficient (Wildman–Crippen LogP) is 2.51. The number of carbonyl (C=O) groups is 1. The van der Waals surface area contributed by atoms with Gasteiger partial charge in [0.25, 0.3) is 0 Å². The van der Waals surface area contributed by atoms with Crippen molar-refractivity contribution >= 4 is 40.1 Å². The third kappa shape index (κ3) is 2.45. The zero-order valence-electron chi connectivity index (χ0n) is 8.78. The molecule has 0 aromatic carbocycles. The van der Waals surface area contributed by atoms with Crippen LogP contribution in [0.2, 0.25) is 10.3 Å². The third-order valence-corrected chi connectivity index (χ3v) is 2.46. The summed E-state index contributed by atoms with van der Waals surface area (Å²) in [6.45, 7) is 1.94. The Bertz CT molecular complexity index is 589. The monoisotopic (exact) mass is 271 g/mol. The zero-order valence-corrected chi connectivity index (χ0v) is 10.3. The maximum absolute atomic E-state index is 11.5. The molecule has 0 saturated carbocycles. The molecular formula is C10H7Cl2N3O2. The van der Waals surface area contributed by atoms with Gasteiger partial charge in [0.15, 0.2) is 0 Å². The highest BCUT2D eigenvalue weighted by Gasteiger charge is 2.14. The van der Waals surface area contributed by atoms with Crippen molar-refractivity contribution in [3.05, 3.63) is 28.4 Å². The van der Waals surface area contributed by atoms with E-state index in [2.05, 4.69) is 15.0 Å². The minimum atomic E-state index is -0.619. The molecule has 0 radical (unpaired) electrons. The van der Waals surface area contributed by atoms with Gasteiger partial charge in [-0.05, 0) is 13.0 Å². The Kier molecular flexibility index (Phi) is 3.40. The second-order valence-electron chi connectivity index (χ2n) is 3.08. The van der Waals surface area contributed by atoms with Crippen LogP contribution in [-0.2, 0) is 4.74 Å². The summed E-state index contributed by atoms with van der Waals surface area (Å²) < 4.78 is 4.79. The first kappa shape index (κ1) is 12.0. The highest BCUT2D eigenvalue weighted by atomic mass is 35.5. The molecule has 2 heterocycles. The van der Waals surface area contributed by atoms with Crippen molar-refractivity contribution in [3.8, 4) is 0 Å². The standard InChI is InChI=1S/C10H7Cl2N3O2/c1-2-17-10(16)9-14-6-4-13-7(11)3-5(6)8(12)15-9/h3-4H,2H2,1H3. The van der Waals surface area contributed by atoms with Gasteiger partial charge in [-0.1, -0.05) is 23.2 Å². The van der Waals surface area contributed by atoms with Crippen molar-refractivity contribution in [1.29, 1.82) is 0 Å². The molecule has 88 valence electrons. The molecule has 0 amide bonds. The number of pyridine rings is 1.